The van der Waals surface area contributed by atoms with E-state index in [0.29, 0.717) is 17.3 Å². The number of hydrogen-bond acceptors (Lipinski definition) is 10. The normalized spacial score (nSPS) is 14.0. The van der Waals surface area contributed by atoms with E-state index in [1.807, 2.05) is 0 Å². The van der Waals surface area contributed by atoms with Crippen molar-refractivity contribution < 1.29 is 33.7 Å². The summed E-state index contributed by atoms with van der Waals surface area (Å²) >= 11 is 0.693. The van der Waals surface area contributed by atoms with Crippen LogP contribution in [0.1, 0.15) is 28.4 Å². The van der Waals surface area contributed by atoms with Gasteiger partial charge in [-0.05, 0) is 48.5 Å². The molecule has 4 rings (SSSR count). The molecule has 1 saturated heterocycles. The zero-order valence-electron chi connectivity index (χ0n) is 20.3. The molecule has 1 heterocycles. The summed E-state index contributed by atoms with van der Waals surface area (Å²) in [4.78, 5) is 60.2. The van der Waals surface area contributed by atoms with Crippen LogP contribution in [0.3, 0.4) is 0 Å². The number of non-ortho nitro benzene ring substituents is 1. The van der Waals surface area contributed by atoms with Crippen molar-refractivity contribution in [2.45, 2.75) is 13.5 Å². The molecule has 0 radical (unpaired) electrons. The van der Waals surface area contributed by atoms with E-state index in [1.165, 1.54) is 60.7 Å². The molecule has 13 heteroatoms. The van der Waals surface area contributed by atoms with Crippen LogP contribution in [0.2, 0.25) is 0 Å². The molecule has 39 heavy (non-hydrogen) atoms. The summed E-state index contributed by atoms with van der Waals surface area (Å²) < 4.78 is 11.0. The number of esters is 1. The third kappa shape index (κ3) is 6.10. The van der Waals surface area contributed by atoms with E-state index in [1.54, 1.807) is 13.0 Å². The van der Waals surface area contributed by atoms with Crippen LogP contribution in [-0.4, -0.2) is 38.5 Å². The number of carbonyl (C=O) groups excluding carboxylic acids is 3. The molecule has 198 valence electrons. The number of rotatable bonds is 9. The maximum absolute atomic E-state index is 13.0. The topological polar surface area (TPSA) is 159 Å². The van der Waals surface area contributed by atoms with Crippen LogP contribution in [0.5, 0.6) is 11.5 Å². The monoisotopic (exact) mass is 549 g/mol. The Hall–Kier alpha value is -5.04. The van der Waals surface area contributed by atoms with Crippen LogP contribution >= 0.6 is 11.8 Å². The van der Waals surface area contributed by atoms with E-state index < -0.39 is 27.0 Å². The van der Waals surface area contributed by atoms with Gasteiger partial charge in [-0.2, -0.15) is 0 Å². The molecule has 0 aromatic heterocycles. The predicted molar refractivity (Wildman–Crippen MR) is 140 cm³/mol. The molecule has 0 spiro atoms. The van der Waals surface area contributed by atoms with Gasteiger partial charge in [0.25, 0.3) is 22.5 Å². The number of nitro benzene ring substituents is 2. The Labute approximate surface area is 225 Å². The third-order valence-electron chi connectivity index (χ3n) is 5.45. The van der Waals surface area contributed by atoms with Gasteiger partial charge in [0.05, 0.1) is 33.5 Å². The van der Waals surface area contributed by atoms with Gasteiger partial charge < -0.3 is 9.47 Å². The molecule has 1 aliphatic heterocycles. The average Bonchev–Trinajstić information content (AvgIpc) is 3.17. The number of para-hydroxylation sites is 1. The SMILES string of the molecule is CCOc1cc(/C=C2\SC(=O)N(Cc3ccccc3[N+](=O)[O-])C2=O)ccc1OC(=O)c1cccc([N+](=O)[O-])c1. The Morgan fingerprint density at radius 3 is 2.46 bits per heavy atom. The highest BCUT2D eigenvalue weighted by atomic mass is 32.2. The summed E-state index contributed by atoms with van der Waals surface area (Å²) in [5.41, 5.74) is 0.199. The minimum Gasteiger partial charge on any atom is -0.490 e. The van der Waals surface area contributed by atoms with Crippen molar-refractivity contribution in [1.29, 1.82) is 0 Å². The molecule has 0 N–H and O–H groups in total. The molecule has 0 saturated carbocycles. The lowest BCUT2D eigenvalue weighted by Crippen LogP contribution is -2.27. The standard InChI is InChI=1S/C26H19N3O9S/c1-2-37-22-12-16(10-11-21(22)38-25(31)17-7-5-8-19(14-17)28(33)34)13-23-24(30)27(26(32)39-23)15-18-6-3-4-9-20(18)29(35)36/h3-14H,2,15H2,1H3/b23-13-. The van der Waals surface area contributed by atoms with Crippen molar-refractivity contribution in [2.24, 2.45) is 0 Å². The van der Waals surface area contributed by atoms with E-state index in [2.05, 4.69) is 0 Å². The van der Waals surface area contributed by atoms with Crippen molar-refractivity contribution in [3.8, 4) is 11.5 Å². The van der Waals surface area contributed by atoms with Crippen molar-refractivity contribution in [3.05, 3.63) is 109 Å². The van der Waals surface area contributed by atoms with Crippen molar-refractivity contribution >= 4 is 46.3 Å². The van der Waals surface area contributed by atoms with Crippen molar-refractivity contribution in [2.75, 3.05) is 6.61 Å². The van der Waals surface area contributed by atoms with Gasteiger partial charge in [0.1, 0.15) is 0 Å². The Balaban J connectivity index is 1.55. The van der Waals surface area contributed by atoms with Crippen molar-refractivity contribution in [3.63, 3.8) is 0 Å². The number of hydrogen-bond donors (Lipinski definition) is 0. The maximum atomic E-state index is 13.0. The summed E-state index contributed by atoms with van der Waals surface area (Å²) in [6, 6.07) is 15.4. The molecule has 0 bridgehead atoms. The highest BCUT2D eigenvalue weighted by molar-refractivity contribution is 8.18. The van der Waals surface area contributed by atoms with Gasteiger partial charge in [-0.15, -0.1) is 0 Å². The lowest BCUT2D eigenvalue weighted by Gasteiger charge is -2.13. The Morgan fingerprint density at radius 1 is 0.974 bits per heavy atom. The highest BCUT2D eigenvalue weighted by Crippen LogP contribution is 2.36. The minimum absolute atomic E-state index is 0.0250. The highest BCUT2D eigenvalue weighted by Gasteiger charge is 2.36. The van der Waals surface area contributed by atoms with E-state index >= 15 is 0 Å². The van der Waals surface area contributed by atoms with Crippen LogP contribution < -0.4 is 9.47 Å². The molecule has 0 aliphatic carbocycles. The van der Waals surface area contributed by atoms with Crippen molar-refractivity contribution in [1.82, 2.24) is 4.90 Å². The quantitative estimate of drug-likeness (QED) is 0.112. The zero-order valence-corrected chi connectivity index (χ0v) is 21.1. The Bertz CT molecular complexity index is 1540. The summed E-state index contributed by atoms with van der Waals surface area (Å²) in [6.45, 7) is 1.68. The van der Waals surface area contributed by atoms with Crippen LogP contribution in [-0.2, 0) is 11.3 Å². The van der Waals surface area contributed by atoms with Gasteiger partial charge in [0.2, 0.25) is 0 Å². The summed E-state index contributed by atoms with van der Waals surface area (Å²) in [5, 5.41) is 21.7. The van der Waals surface area contributed by atoms with Gasteiger partial charge in [-0.3, -0.25) is 34.7 Å². The summed E-state index contributed by atoms with van der Waals surface area (Å²) in [5.74, 6) is -1.22. The van der Waals surface area contributed by atoms with E-state index in [4.69, 9.17) is 9.47 Å². The smallest absolute Gasteiger partial charge is 0.343 e. The largest absolute Gasteiger partial charge is 0.490 e. The number of amides is 2. The molecule has 2 amide bonds. The van der Waals surface area contributed by atoms with Crippen LogP contribution in [0.4, 0.5) is 16.2 Å². The fraction of sp³-hybridized carbons (Fsp3) is 0.115. The van der Waals surface area contributed by atoms with Crippen LogP contribution in [0.25, 0.3) is 6.08 Å². The molecule has 12 nitrogen and oxygen atoms in total. The van der Waals surface area contributed by atoms with Gasteiger partial charge in [0, 0.05) is 23.8 Å². The predicted octanol–water partition coefficient (Wildman–Crippen LogP) is 5.36. The minimum atomic E-state index is -0.830. The second kappa shape index (κ2) is 11.6. The van der Waals surface area contributed by atoms with Gasteiger partial charge in [-0.1, -0.05) is 30.3 Å². The molecule has 0 unspecified atom stereocenters. The number of imide groups is 1. The number of nitro groups is 2. The average molecular weight is 550 g/mol. The van der Waals surface area contributed by atoms with Gasteiger partial charge in [0.15, 0.2) is 11.5 Å². The number of carbonyl (C=O) groups is 3. The zero-order chi connectivity index (χ0) is 28.1. The van der Waals surface area contributed by atoms with E-state index in [-0.39, 0.29) is 52.1 Å². The van der Waals surface area contributed by atoms with Crippen LogP contribution in [0.15, 0.2) is 71.6 Å². The fourth-order valence-corrected chi connectivity index (χ4v) is 4.49. The van der Waals surface area contributed by atoms with Gasteiger partial charge >= 0.3 is 5.97 Å². The molecular formula is C26H19N3O9S. The molecule has 3 aromatic rings. The first-order valence-electron chi connectivity index (χ1n) is 11.4. The number of ether oxygens (including phenoxy) is 2. The number of thioether (sulfide) groups is 1. The first-order valence-corrected chi connectivity index (χ1v) is 12.2. The lowest BCUT2D eigenvalue weighted by molar-refractivity contribution is -0.385. The second-order valence-electron chi connectivity index (χ2n) is 7.99. The van der Waals surface area contributed by atoms with E-state index in [0.717, 1.165) is 11.0 Å². The molecular weight excluding hydrogens is 530 g/mol. The van der Waals surface area contributed by atoms with Crippen LogP contribution in [0, 0.1) is 20.2 Å². The third-order valence-corrected chi connectivity index (χ3v) is 6.36. The summed E-state index contributed by atoms with van der Waals surface area (Å²) in [7, 11) is 0. The number of nitrogens with zero attached hydrogens (tertiary/aromatic N) is 3. The summed E-state index contributed by atoms with van der Waals surface area (Å²) in [6.07, 6.45) is 1.46. The molecule has 3 aromatic carbocycles. The Kier molecular flexibility index (Phi) is 8.01. The molecule has 1 fully saturated rings. The first kappa shape index (κ1) is 27.0. The Morgan fingerprint density at radius 2 is 1.74 bits per heavy atom. The molecule has 0 atom stereocenters. The molecule has 1 aliphatic rings. The maximum Gasteiger partial charge on any atom is 0.343 e. The van der Waals surface area contributed by atoms with E-state index in [9.17, 15) is 34.6 Å². The fourth-order valence-electron chi connectivity index (χ4n) is 3.65. The first-order chi connectivity index (χ1) is 18.7. The van der Waals surface area contributed by atoms with Gasteiger partial charge in [-0.25, -0.2) is 4.79 Å². The second-order valence-corrected chi connectivity index (χ2v) is 8.98. The lowest BCUT2D eigenvalue weighted by atomic mass is 10.1. The number of benzene rings is 3.